The van der Waals surface area contributed by atoms with Crippen molar-refractivity contribution in [2.45, 2.75) is 0 Å². The second-order valence-corrected chi connectivity index (χ2v) is 27.8. The summed E-state index contributed by atoms with van der Waals surface area (Å²) in [6.07, 6.45) is 0. The van der Waals surface area contributed by atoms with Crippen molar-refractivity contribution < 1.29 is 8.83 Å². The smallest absolute Gasteiger partial charge is 0.187 e. The van der Waals surface area contributed by atoms with Crippen LogP contribution in [0.2, 0.25) is 0 Å². The van der Waals surface area contributed by atoms with Crippen molar-refractivity contribution in [2.75, 3.05) is 0 Å². The summed E-state index contributed by atoms with van der Waals surface area (Å²) in [5.74, 6) is 0.538. The Bertz CT molecular complexity index is 7340. The molecule has 22 aromatic rings. The molecule has 11 nitrogen and oxygen atoms in total. The van der Waals surface area contributed by atoms with Crippen LogP contribution in [-0.4, -0.2) is 28.2 Å². The van der Waals surface area contributed by atoms with Crippen molar-refractivity contribution in [2.24, 2.45) is 0 Å². The van der Waals surface area contributed by atoms with Crippen LogP contribution in [0.1, 0.15) is 11.1 Å². The normalized spacial score (nSPS) is 11.9. The number of hydrogen-bond donors (Lipinski definition) is 0. The molecule has 0 aliphatic heterocycles. The maximum atomic E-state index is 9.87. The molecule has 0 spiro atoms. The zero-order chi connectivity index (χ0) is 71.4. The van der Waals surface area contributed by atoms with Gasteiger partial charge in [-0.2, -0.15) is 10.5 Å². The lowest BCUT2D eigenvalue weighted by atomic mass is 10.0. The molecule has 0 saturated heterocycles. The SMILES string of the molecule is [C-]#[N+]c1ccc(-n2c3ccccc3c3cc(-c4ccc5c(c4)c4ccccc4n5-c4ccc5oc6ccc(-c7nc(-c8ccc(C#N)cc8)cc(-c8ccc9oc%10ccc(-n%11c%12ccccc%12c%12cc(-c%13ccc%14c(c%13)c%13ccccc%13n%14-c%13ccc(C#N)cc%13)ccc%12%11)cc%10c9c8)n7)cc6c5c4)ccc32)cc1. The molecule has 0 saturated carbocycles. The van der Waals surface area contributed by atoms with Gasteiger partial charge in [-0.1, -0.05) is 121 Å². The topological polar surface area (TPSA) is 124 Å². The number of aromatic nitrogens is 6. The average Bonchev–Trinajstić information content (AvgIpc) is 1.59. The van der Waals surface area contributed by atoms with Crippen LogP contribution in [0.5, 0.6) is 0 Å². The number of hydrogen-bond acceptors (Lipinski definition) is 6. The van der Waals surface area contributed by atoms with Crippen molar-refractivity contribution in [3.05, 3.63) is 344 Å². The molecule has 0 unspecified atom stereocenters. The molecule has 0 N–H and O–H groups in total. The van der Waals surface area contributed by atoms with Crippen LogP contribution in [0.3, 0.4) is 0 Å². The Morgan fingerprint density at radius 2 is 0.556 bits per heavy atom. The third-order valence-corrected chi connectivity index (χ3v) is 21.9. The first kappa shape index (κ1) is 60.3. The average molecular weight is 1380 g/mol. The fourth-order valence-electron chi connectivity index (χ4n) is 16.8. The molecular formula is C97H53N9O2. The number of rotatable bonds is 9. The summed E-state index contributed by atoms with van der Waals surface area (Å²) in [6.45, 7) is 7.53. The minimum atomic E-state index is 0.538. The highest BCUT2D eigenvalue weighted by atomic mass is 16.3. The summed E-state index contributed by atoms with van der Waals surface area (Å²) in [5.41, 5.74) is 26.2. The Balaban J connectivity index is 0.625. The first-order chi connectivity index (χ1) is 53.3. The summed E-state index contributed by atoms with van der Waals surface area (Å²) in [7, 11) is 0. The van der Waals surface area contributed by atoms with E-state index in [1.165, 1.54) is 5.39 Å². The summed E-state index contributed by atoms with van der Waals surface area (Å²) >= 11 is 0. The summed E-state index contributed by atoms with van der Waals surface area (Å²) < 4.78 is 22.6. The van der Waals surface area contributed by atoms with E-state index in [2.05, 4.69) is 260 Å². The predicted octanol–water partition coefficient (Wildman–Crippen LogP) is 25.3. The standard InChI is InChI=1S/C97H53N9O2/c1-100-66-30-34-68(35-31-66)104-86-15-7-3-11-72(86)76-47-61(25-39-90(76)104)63-27-41-92-78(49-63)74-13-5-9-17-88(74)106(92)70-37-45-96-82(53-70)80-51-65(29-43-94(80)108-96)97-101-83(59-22-18-57(55-98)19-23-59)54-84(102-97)64-28-42-93-79(50-64)81-52-69(36-44-95(81)107-93)105-87-16-8-4-12-73(87)77-48-62(26-40-91(77)105)60-24-38-89-75(46-60)71-10-2-6-14-85(71)103(89)67-32-20-58(56-99)21-33-67/h2-54H. The number of fused-ring (bicyclic) bond motifs is 18. The van der Waals surface area contributed by atoms with E-state index in [9.17, 15) is 10.5 Å². The molecule has 0 fully saturated rings. The minimum Gasteiger partial charge on any atom is -0.456 e. The van der Waals surface area contributed by atoms with E-state index in [4.69, 9.17) is 25.4 Å². The van der Waals surface area contributed by atoms with Gasteiger partial charge in [0, 0.05) is 104 Å². The fraction of sp³-hybridized carbons (Fsp3) is 0. The zero-order valence-corrected chi connectivity index (χ0v) is 57.4. The van der Waals surface area contributed by atoms with Crippen molar-refractivity contribution in [1.82, 2.24) is 28.2 Å². The van der Waals surface area contributed by atoms with Gasteiger partial charge in [0.2, 0.25) is 0 Å². The second-order valence-electron chi connectivity index (χ2n) is 27.8. The van der Waals surface area contributed by atoms with Gasteiger partial charge in [-0.05, 0) is 222 Å². The lowest BCUT2D eigenvalue weighted by Crippen LogP contribution is -1.96. The van der Waals surface area contributed by atoms with Crippen LogP contribution in [0, 0.1) is 29.2 Å². The van der Waals surface area contributed by atoms with Gasteiger partial charge in [0.05, 0.1) is 85.4 Å². The quantitative estimate of drug-likeness (QED) is 0.133. The van der Waals surface area contributed by atoms with E-state index < -0.39 is 0 Å². The molecule has 22 rings (SSSR count). The summed E-state index contributed by atoms with van der Waals surface area (Å²) in [5, 5.41) is 32.5. The van der Waals surface area contributed by atoms with Crippen LogP contribution in [0.25, 0.3) is 215 Å². The van der Waals surface area contributed by atoms with Crippen LogP contribution < -0.4 is 0 Å². The number of benzene rings is 15. The van der Waals surface area contributed by atoms with Gasteiger partial charge in [0.25, 0.3) is 0 Å². The molecule has 0 bridgehead atoms. The van der Waals surface area contributed by atoms with Crippen LogP contribution in [0.15, 0.2) is 330 Å². The second kappa shape index (κ2) is 23.3. The van der Waals surface area contributed by atoms with Crippen LogP contribution >= 0.6 is 0 Å². The Morgan fingerprint density at radius 3 is 0.963 bits per heavy atom. The molecule has 498 valence electrons. The number of nitrogens with zero attached hydrogens (tertiary/aromatic N) is 9. The van der Waals surface area contributed by atoms with E-state index in [0.29, 0.717) is 28.3 Å². The van der Waals surface area contributed by atoms with Gasteiger partial charge in [0.15, 0.2) is 11.5 Å². The molecule has 11 heteroatoms. The third kappa shape index (κ3) is 9.25. The lowest BCUT2D eigenvalue weighted by Gasteiger charge is -2.10. The summed E-state index contributed by atoms with van der Waals surface area (Å²) in [6, 6.07) is 117. The minimum absolute atomic E-state index is 0.538. The number of nitriles is 2. The van der Waals surface area contributed by atoms with Gasteiger partial charge in [0.1, 0.15) is 22.3 Å². The fourth-order valence-corrected chi connectivity index (χ4v) is 16.8. The molecular weight excluding hydrogens is 1320 g/mol. The summed E-state index contributed by atoms with van der Waals surface area (Å²) in [4.78, 5) is 14.4. The lowest BCUT2D eigenvalue weighted by molar-refractivity contribution is 0.668. The van der Waals surface area contributed by atoms with E-state index in [1.807, 2.05) is 97.1 Å². The van der Waals surface area contributed by atoms with E-state index in [-0.39, 0.29) is 0 Å². The monoisotopic (exact) mass is 1380 g/mol. The van der Waals surface area contributed by atoms with Gasteiger partial charge < -0.3 is 27.1 Å². The molecule has 15 aromatic carbocycles. The molecule has 0 amide bonds. The van der Waals surface area contributed by atoms with E-state index in [0.717, 1.165) is 193 Å². The molecule has 108 heavy (non-hydrogen) atoms. The molecule has 7 aromatic heterocycles. The largest absolute Gasteiger partial charge is 0.456 e. The Kier molecular flexibility index (Phi) is 13.0. The maximum absolute atomic E-state index is 9.87. The first-order valence-corrected chi connectivity index (χ1v) is 35.8. The highest BCUT2D eigenvalue weighted by Gasteiger charge is 2.23. The van der Waals surface area contributed by atoms with E-state index in [1.54, 1.807) is 0 Å². The van der Waals surface area contributed by atoms with Gasteiger partial charge in [-0.25, -0.2) is 14.8 Å². The zero-order valence-electron chi connectivity index (χ0n) is 57.4. The molecule has 0 atom stereocenters. The Morgan fingerprint density at radius 1 is 0.259 bits per heavy atom. The van der Waals surface area contributed by atoms with Crippen LogP contribution in [0.4, 0.5) is 5.69 Å². The molecule has 0 aliphatic rings. The van der Waals surface area contributed by atoms with Gasteiger partial charge in [-0.3, -0.25) is 0 Å². The highest BCUT2D eigenvalue weighted by molar-refractivity contribution is 6.16. The van der Waals surface area contributed by atoms with Crippen LogP contribution in [-0.2, 0) is 0 Å². The van der Waals surface area contributed by atoms with Crippen molar-refractivity contribution in [1.29, 1.82) is 10.5 Å². The Labute approximate surface area is 615 Å². The highest BCUT2D eigenvalue weighted by Crippen LogP contribution is 2.45. The molecule has 0 radical (unpaired) electrons. The number of para-hydroxylation sites is 4. The van der Waals surface area contributed by atoms with Crippen molar-refractivity contribution in [3.63, 3.8) is 0 Å². The predicted molar refractivity (Wildman–Crippen MR) is 437 cm³/mol. The van der Waals surface area contributed by atoms with Gasteiger partial charge >= 0.3 is 0 Å². The van der Waals surface area contributed by atoms with Crippen molar-refractivity contribution in [3.8, 4) is 91.0 Å². The van der Waals surface area contributed by atoms with Gasteiger partial charge in [-0.15, -0.1) is 0 Å². The van der Waals surface area contributed by atoms with Crippen molar-refractivity contribution >= 4 is 137 Å². The van der Waals surface area contributed by atoms with E-state index >= 15 is 0 Å². The third-order valence-electron chi connectivity index (χ3n) is 21.9. The number of furan rings is 2. The Hall–Kier alpha value is -15.4. The molecule has 0 aliphatic carbocycles. The first-order valence-electron chi connectivity index (χ1n) is 35.8. The molecule has 7 heterocycles. The maximum Gasteiger partial charge on any atom is 0.187 e.